The average Bonchev–Trinajstić information content (AvgIpc) is 3.49. The van der Waals surface area contributed by atoms with Crippen LogP contribution in [0.25, 0.3) is 27.9 Å². The highest BCUT2D eigenvalue weighted by Crippen LogP contribution is 2.36. The van der Waals surface area contributed by atoms with Crippen LogP contribution in [0, 0.1) is 0 Å². The van der Waals surface area contributed by atoms with Crippen LogP contribution >= 0.6 is 0 Å². The topological polar surface area (TPSA) is 130 Å². The second-order valence-corrected chi connectivity index (χ2v) is 11.5. The number of carbonyl (C=O) groups excluding carboxylic acids is 1. The van der Waals surface area contributed by atoms with Gasteiger partial charge in [0.05, 0.1) is 41.6 Å². The summed E-state index contributed by atoms with van der Waals surface area (Å²) < 4.78 is 48.2. The average molecular weight is 669 g/mol. The highest BCUT2D eigenvalue weighted by atomic mass is 19.4. The molecule has 0 aliphatic carbocycles. The molecule has 0 aliphatic rings. The second kappa shape index (κ2) is 13.6. The van der Waals surface area contributed by atoms with Crippen molar-refractivity contribution in [1.82, 2.24) is 24.6 Å². The molecule has 0 bridgehead atoms. The van der Waals surface area contributed by atoms with E-state index in [-0.39, 0.29) is 17.4 Å². The number of hydrogen-bond donors (Lipinski definition) is 3. The van der Waals surface area contributed by atoms with E-state index in [4.69, 9.17) is 4.74 Å². The summed E-state index contributed by atoms with van der Waals surface area (Å²) in [7, 11) is 3.83. The Hall–Kier alpha value is -6.02. The number of halogens is 3. The van der Waals surface area contributed by atoms with E-state index in [1.165, 1.54) is 18.5 Å². The number of anilines is 3. The fraction of sp³-hybridized carbons (Fsp3) is 0.171. The predicted octanol–water partition coefficient (Wildman–Crippen LogP) is 7.30. The van der Waals surface area contributed by atoms with E-state index in [1.807, 2.05) is 49.5 Å². The molecule has 3 heterocycles. The summed E-state index contributed by atoms with van der Waals surface area (Å²) in [6.45, 7) is 1.64. The molecule has 0 aliphatic heterocycles. The molecule has 0 saturated carbocycles. The summed E-state index contributed by atoms with van der Waals surface area (Å²) in [5.74, 6) is 1.27. The maximum Gasteiger partial charge on any atom is 0.416 e. The van der Waals surface area contributed by atoms with E-state index in [0.29, 0.717) is 28.9 Å². The first-order valence-electron chi connectivity index (χ1n) is 15.1. The Balaban J connectivity index is 1.13. The molecular weight excluding hydrogens is 637 g/mol. The normalized spacial score (nSPS) is 12.1. The number of hydrogen-bond acceptors (Lipinski definition) is 8. The summed E-state index contributed by atoms with van der Waals surface area (Å²) in [5, 5.41) is 19.2. The zero-order valence-corrected chi connectivity index (χ0v) is 26.6. The van der Waals surface area contributed by atoms with Crippen molar-refractivity contribution < 1.29 is 27.8 Å². The zero-order chi connectivity index (χ0) is 34.7. The molecule has 49 heavy (non-hydrogen) atoms. The lowest BCUT2D eigenvalue weighted by molar-refractivity contribution is -0.137. The minimum atomic E-state index is -4.62. The minimum Gasteiger partial charge on any atom is -0.424 e. The van der Waals surface area contributed by atoms with Crippen LogP contribution in [-0.2, 0) is 12.6 Å². The number of alkyl halides is 3. The van der Waals surface area contributed by atoms with Gasteiger partial charge in [0.2, 0.25) is 0 Å². The Morgan fingerprint density at radius 2 is 1.69 bits per heavy atom. The van der Waals surface area contributed by atoms with Crippen molar-refractivity contribution in [3.63, 3.8) is 0 Å². The number of rotatable bonds is 9. The molecule has 3 aromatic carbocycles. The van der Waals surface area contributed by atoms with Gasteiger partial charge in [-0.3, -0.25) is 0 Å². The van der Waals surface area contributed by atoms with Gasteiger partial charge in [0.1, 0.15) is 11.6 Å². The number of nitrogens with zero attached hydrogens (tertiary/aromatic N) is 6. The molecule has 11 nitrogen and oxygen atoms in total. The van der Waals surface area contributed by atoms with Gasteiger partial charge in [-0.2, -0.15) is 18.3 Å². The summed E-state index contributed by atoms with van der Waals surface area (Å²) in [4.78, 5) is 27.8. The standard InChI is InChI=1S/C35H31F3N8O3/c1-21(47)15-22-5-4-6-24(16-22)28-12-9-25(35(36,37)38)17-30(28)43-33(48)42-26-18-39-34(40-19-26)49-27-10-7-23(8-11-27)29-20-41-46-14-13-31(45(2)3)44-32(29)46/h4-14,16-21,47H,15H2,1-3H3,(H2,42,43,48). The smallest absolute Gasteiger partial charge is 0.416 e. The first kappa shape index (κ1) is 32.9. The second-order valence-electron chi connectivity index (χ2n) is 11.5. The van der Waals surface area contributed by atoms with E-state index in [2.05, 4.69) is 30.7 Å². The quantitative estimate of drug-likeness (QED) is 0.146. The number of aliphatic hydroxyl groups is 1. The molecular formula is C35H31F3N8O3. The number of aliphatic hydroxyl groups excluding tert-OH is 1. The lowest BCUT2D eigenvalue weighted by Crippen LogP contribution is -2.20. The third kappa shape index (κ3) is 7.76. The number of aromatic nitrogens is 5. The third-order valence-electron chi connectivity index (χ3n) is 7.44. The molecule has 0 saturated heterocycles. The van der Waals surface area contributed by atoms with Crippen molar-refractivity contribution in [2.24, 2.45) is 0 Å². The molecule has 3 N–H and O–H groups in total. The van der Waals surface area contributed by atoms with Gasteiger partial charge in [-0.05, 0) is 60.4 Å². The van der Waals surface area contributed by atoms with Crippen LogP contribution in [0.1, 0.15) is 18.1 Å². The summed E-state index contributed by atoms with van der Waals surface area (Å²) in [6.07, 6.45) is 1.36. The molecule has 0 spiro atoms. The Labute approximate surface area is 279 Å². The van der Waals surface area contributed by atoms with Crippen LogP contribution in [0.15, 0.2) is 97.6 Å². The minimum absolute atomic E-state index is 0.0178. The molecule has 6 rings (SSSR count). The van der Waals surface area contributed by atoms with Crippen LogP contribution in [-0.4, -0.2) is 55.9 Å². The fourth-order valence-corrected chi connectivity index (χ4v) is 5.12. The van der Waals surface area contributed by atoms with E-state index >= 15 is 0 Å². The van der Waals surface area contributed by atoms with Gasteiger partial charge in [0, 0.05) is 31.4 Å². The highest BCUT2D eigenvalue weighted by molar-refractivity contribution is 6.02. The summed E-state index contributed by atoms with van der Waals surface area (Å²) >= 11 is 0. The number of benzene rings is 3. The number of nitrogens with one attached hydrogen (secondary N) is 2. The molecule has 2 amide bonds. The monoisotopic (exact) mass is 668 g/mol. The summed E-state index contributed by atoms with van der Waals surface area (Å²) in [5.41, 5.74) is 3.40. The predicted molar refractivity (Wildman–Crippen MR) is 180 cm³/mol. The SMILES string of the molecule is CC(O)Cc1cccc(-c2ccc(C(F)(F)F)cc2NC(=O)Nc2cnc(Oc3ccc(-c4cnn5ccc(N(C)C)nc45)cc3)nc2)c1. The Bertz CT molecular complexity index is 2100. The van der Waals surface area contributed by atoms with Crippen molar-refractivity contribution >= 4 is 28.9 Å². The number of urea groups is 1. The van der Waals surface area contributed by atoms with Gasteiger partial charge in [0.15, 0.2) is 5.65 Å². The number of carbonyl (C=O) groups is 1. The highest BCUT2D eigenvalue weighted by Gasteiger charge is 2.31. The fourth-order valence-electron chi connectivity index (χ4n) is 5.12. The number of fused-ring (bicyclic) bond motifs is 1. The van der Waals surface area contributed by atoms with E-state index < -0.39 is 23.9 Å². The number of ether oxygens (including phenoxy) is 1. The van der Waals surface area contributed by atoms with Crippen LogP contribution in [0.5, 0.6) is 11.8 Å². The largest absolute Gasteiger partial charge is 0.424 e. The van der Waals surface area contributed by atoms with Gasteiger partial charge in [-0.15, -0.1) is 0 Å². The van der Waals surface area contributed by atoms with Crippen LogP contribution in [0.4, 0.5) is 35.2 Å². The maximum absolute atomic E-state index is 13.6. The Kier molecular flexibility index (Phi) is 9.14. The van der Waals surface area contributed by atoms with Gasteiger partial charge in [-0.1, -0.05) is 42.5 Å². The first-order valence-corrected chi connectivity index (χ1v) is 15.1. The van der Waals surface area contributed by atoms with Crippen LogP contribution < -0.4 is 20.3 Å². The van der Waals surface area contributed by atoms with Crippen LogP contribution in [0.3, 0.4) is 0 Å². The van der Waals surface area contributed by atoms with Crippen molar-refractivity contribution in [1.29, 1.82) is 0 Å². The van der Waals surface area contributed by atoms with E-state index in [9.17, 15) is 23.1 Å². The zero-order valence-electron chi connectivity index (χ0n) is 26.6. The van der Waals surface area contributed by atoms with E-state index in [1.54, 1.807) is 48.0 Å². The van der Waals surface area contributed by atoms with Crippen molar-refractivity contribution in [3.8, 4) is 34.0 Å². The van der Waals surface area contributed by atoms with Crippen LogP contribution in [0.2, 0.25) is 0 Å². The lowest BCUT2D eigenvalue weighted by atomic mass is 9.98. The first-order chi connectivity index (χ1) is 23.4. The van der Waals surface area contributed by atoms with Gasteiger partial charge >= 0.3 is 18.2 Å². The Morgan fingerprint density at radius 1 is 0.939 bits per heavy atom. The van der Waals surface area contributed by atoms with Gasteiger partial charge in [-0.25, -0.2) is 24.3 Å². The molecule has 0 fully saturated rings. The molecule has 0 radical (unpaired) electrons. The maximum atomic E-state index is 13.6. The molecule has 14 heteroatoms. The molecule has 3 aromatic heterocycles. The third-order valence-corrected chi connectivity index (χ3v) is 7.44. The molecule has 250 valence electrons. The van der Waals surface area contributed by atoms with Crippen molar-refractivity contribution in [3.05, 3.63) is 109 Å². The van der Waals surface area contributed by atoms with Crippen molar-refractivity contribution in [2.45, 2.75) is 25.6 Å². The molecule has 1 atom stereocenters. The molecule has 1 unspecified atom stereocenters. The lowest BCUT2D eigenvalue weighted by Gasteiger charge is -2.16. The van der Waals surface area contributed by atoms with E-state index in [0.717, 1.165) is 34.6 Å². The summed E-state index contributed by atoms with van der Waals surface area (Å²) in [6, 6.07) is 18.5. The number of amides is 2. The molecule has 6 aromatic rings. The van der Waals surface area contributed by atoms with Gasteiger partial charge in [0.25, 0.3) is 0 Å². The van der Waals surface area contributed by atoms with Crippen molar-refractivity contribution in [2.75, 3.05) is 29.6 Å². The van der Waals surface area contributed by atoms with Gasteiger partial charge < -0.3 is 25.4 Å². The Morgan fingerprint density at radius 3 is 2.39 bits per heavy atom.